The highest BCUT2D eigenvalue weighted by Crippen LogP contribution is 2.33. The first kappa shape index (κ1) is 23.1. The summed E-state index contributed by atoms with van der Waals surface area (Å²) in [7, 11) is -3.68. The molecule has 0 aliphatic carbocycles. The van der Waals surface area contributed by atoms with Gasteiger partial charge < -0.3 is 14.8 Å². The molecule has 7 nitrogen and oxygen atoms in total. The SMILES string of the molecule is Cc1ccc(S(=O)(=O)N2CCOCC2)cc1NC(=O)COc1cc(Cl)c(Cl)cc1Cl. The number of benzene rings is 2. The normalized spacial score (nSPS) is 15.1. The van der Waals surface area contributed by atoms with Crippen molar-refractivity contribution in [2.45, 2.75) is 11.8 Å². The zero-order chi connectivity index (χ0) is 21.9. The van der Waals surface area contributed by atoms with E-state index in [0.717, 1.165) is 0 Å². The van der Waals surface area contributed by atoms with Crippen molar-refractivity contribution in [2.75, 3.05) is 38.2 Å². The first-order valence-electron chi connectivity index (χ1n) is 8.94. The lowest BCUT2D eigenvalue weighted by Crippen LogP contribution is -2.40. The van der Waals surface area contributed by atoms with Crippen LogP contribution in [-0.4, -0.2) is 51.5 Å². The molecule has 1 aliphatic heterocycles. The minimum atomic E-state index is -3.68. The molecule has 2 aromatic carbocycles. The van der Waals surface area contributed by atoms with Gasteiger partial charge in [0.05, 0.1) is 33.2 Å². The molecule has 3 rings (SSSR count). The molecule has 1 N–H and O–H groups in total. The van der Waals surface area contributed by atoms with Crippen LogP contribution in [0.2, 0.25) is 15.1 Å². The van der Waals surface area contributed by atoms with E-state index in [0.29, 0.717) is 24.5 Å². The number of ether oxygens (including phenoxy) is 2. The molecule has 11 heteroatoms. The number of morpholine rings is 1. The fourth-order valence-electron chi connectivity index (χ4n) is 2.78. The summed E-state index contributed by atoms with van der Waals surface area (Å²) < 4.78 is 37.7. The van der Waals surface area contributed by atoms with Crippen LogP contribution in [0.1, 0.15) is 5.56 Å². The minimum Gasteiger partial charge on any atom is -0.482 e. The molecule has 0 saturated carbocycles. The highest BCUT2D eigenvalue weighted by molar-refractivity contribution is 7.89. The van der Waals surface area contributed by atoms with Gasteiger partial charge >= 0.3 is 0 Å². The molecule has 0 spiro atoms. The van der Waals surface area contributed by atoms with Crippen molar-refractivity contribution in [1.29, 1.82) is 0 Å². The number of anilines is 1. The van der Waals surface area contributed by atoms with Crippen LogP contribution in [0.25, 0.3) is 0 Å². The molecule has 0 unspecified atom stereocenters. The Morgan fingerprint density at radius 2 is 1.77 bits per heavy atom. The van der Waals surface area contributed by atoms with Crippen molar-refractivity contribution in [3.63, 3.8) is 0 Å². The number of halogens is 3. The van der Waals surface area contributed by atoms with Crippen molar-refractivity contribution in [3.8, 4) is 5.75 Å². The fraction of sp³-hybridized carbons (Fsp3) is 0.316. The smallest absolute Gasteiger partial charge is 0.262 e. The predicted molar refractivity (Wildman–Crippen MR) is 116 cm³/mol. The Hall–Kier alpha value is -1.55. The van der Waals surface area contributed by atoms with Gasteiger partial charge in [0.1, 0.15) is 5.75 Å². The first-order valence-corrected chi connectivity index (χ1v) is 11.5. The van der Waals surface area contributed by atoms with Crippen molar-refractivity contribution in [2.24, 2.45) is 0 Å². The van der Waals surface area contributed by atoms with Crippen molar-refractivity contribution < 1.29 is 22.7 Å². The third-order valence-electron chi connectivity index (χ3n) is 4.42. The number of sulfonamides is 1. The topological polar surface area (TPSA) is 84.9 Å². The van der Waals surface area contributed by atoms with Gasteiger partial charge in [0.15, 0.2) is 6.61 Å². The van der Waals surface area contributed by atoms with Gasteiger partial charge in [0.2, 0.25) is 10.0 Å². The Morgan fingerprint density at radius 3 is 2.47 bits per heavy atom. The molecule has 1 saturated heterocycles. The number of amides is 1. The van der Waals surface area contributed by atoms with E-state index in [9.17, 15) is 13.2 Å². The monoisotopic (exact) mass is 492 g/mol. The largest absolute Gasteiger partial charge is 0.482 e. The average Bonchev–Trinajstić information content (AvgIpc) is 2.72. The summed E-state index contributed by atoms with van der Waals surface area (Å²) in [6.07, 6.45) is 0. The van der Waals surface area contributed by atoms with Crippen LogP contribution >= 0.6 is 34.8 Å². The zero-order valence-electron chi connectivity index (χ0n) is 16.0. The van der Waals surface area contributed by atoms with E-state index in [1.165, 1.54) is 28.6 Å². The van der Waals surface area contributed by atoms with E-state index in [-0.39, 0.29) is 45.4 Å². The molecule has 0 aromatic heterocycles. The number of hydrogen-bond acceptors (Lipinski definition) is 5. The number of nitrogens with one attached hydrogen (secondary N) is 1. The molecule has 1 heterocycles. The van der Waals surface area contributed by atoms with Gasteiger partial charge in [0.25, 0.3) is 5.91 Å². The first-order chi connectivity index (χ1) is 14.2. The van der Waals surface area contributed by atoms with Gasteiger partial charge in [-0.25, -0.2) is 8.42 Å². The maximum absolute atomic E-state index is 12.8. The van der Waals surface area contributed by atoms with Crippen LogP contribution in [0, 0.1) is 6.92 Å². The molecule has 0 bridgehead atoms. The summed E-state index contributed by atoms with van der Waals surface area (Å²) in [5, 5.41) is 3.40. The maximum atomic E-state index is 12.8. The lowest BCUT2D eigenvalue weighted by Gasteiger charge is -2.26. The summed E-state index contributed by atoms with van der Waals surface area (Å²) in [6, 6.07) is 7.43. The third-order valence-corrected chi connectivity index (χ3v) is 7.34. The van der Waals surface area contributed by atoms with E-state index < -0.39 is 15.9 Å². The second-order valence-corrected chi connectivity index (χ2v) is 9.69. The zero-order valence-corrected chi connectivity index (χ0v) is 19.0. The van der Waals surface area contributed by atoms with Gasteiger partial charge in [-0.3, -0.25) is 4.79 Å². The molecule has 30 heavy (non-hydrogen) atoms. The Morgan fingerprint density at radius 1 is 1.10 bits per heavy atom. The van der Waals surface area contributed by atoms with Crippen LogP contribution in [0.5, 0.6) is 5.75 Å². The lowest BCUT2D eigenvalue weighted by molar-refractivity contribution is -0.118. The van der Waals surface area contributed by atoms with Crippen molar-refractivity contribution >= 4 is 56.4 Å². The minimum absolute atomic E-state index is 0.0961. The summed E-state index contributed by atoms with van der Waals surface area (Å²) in [5.41, 5.74) is 1.08. The van der Waals surface area contributed by atoms with Gasteiger partial charge in [-0.1, -0.05) is 40.9 Å². The second kappa shape index (κ2) is 9.72. The highest BCUT2D eigenvalue weighted by atomic mass is 35.5. The Labute approximate surface area is 189 Å². The van der Waals surface area contributed by atoms with Crippen LogP contribution in [-0.2, 0) is 19.6 Å². The second-order valence-electron chi connectivity index (χ2n) is 6.53. The standard InChI is InChI=1S/C19H19Cl3N2O5S/c1-12-2-3-13(30(26,27)24-4-6-28-7-5-24)8-17(12)23-19(25)11-29-18-10-15(21)14(20)9-16(18)22/h2-3,8-10H,4-7,11H2,1H3,(H,23,25). The molecule has 1 fully saturated rings. The average molecular weight is 494 g/mol. The van der Waals surface area contributed by atoms with Gasteiger partial charge in [-0.15, -0.1) is 0 Å². The van der Waals surface area contributed by atoms with Crippen LogP contribution < -0.4 is 10.1 Å². The van der Waals surface area contributed by atoms with E-state index >= 15 is 0 Å². The molecule has 162 valence electrons. The van der Waals surface area contributed by atoms with E-state index in [1.54, 1.807) is 13.0 Å². The Bertz CT molecular complexity index is 1060. The van der Waals surface area contributed by atoms with E-state index in [4.69, 9.17) is 44.3 Å². The Kier molecular flexibility index (Phi) is 7.49. The number of carbonyl (C=O) groups excluding carboxylic acids is 1. The molecule has 1 aliphatic rings. The van der Waals surface area contributed by atoms with Crippen LogP contribution in [0.4, 0.5) is 5.69 Å². The van der Waals surface area contributed by atoms with Gasteiger partial charge in [0, 0.05) is 24.8 Å². The molecular formula is C19H19Cl3N2O5S. The number of aryl methyl sites for hydroxylation is 1. The van der Waals surface area contributed by atoms with Crippen molar-refractivity contribution in [3.05, 3.63) is 51.0 Å². The van der Waals surface area contributed by atoms with Crippen LogP contribution in [0.3, 0.4) is 0 Å². The third kappa shape index (κ3) is 5.38. The number of rotatable bonds is 6. The predicted octanol–water partition coefficient (Wildman–Crippen LogP) is 3.99. The quantitative estimate of drug-likeness (QED) is 0.615. The summed E-state index contributed by atoms with van der Waals surface area (Å²) >= 11 is 17.8. The van der Waals surface area contributed by atoms with E-state index in [2.05, 4.69) is 5.32 Å². The summed E-state index contributed by atoms with van der Waals surface area (Å²) in [5.74, 6) is -0.275. The number of hydrogen-bond donors (Lipinski definition) is 1. The van der Waals surface area contributed by atoms with Gasteiger partial charge in [-0.05, 0) is 30.7 Å². The fourth-order valence-corrected chi connectivity index (χ4v) is 4.80. The lowest BCUT2D eigenvalue weighted by atomic mass is 10.2. The molecular weight excluding hydrogens is 475 g/mol. The van der Waals surface area contributed by atoms with E-state index in [1.807, 2.05) is 0 Å². The van der Waals surface area contributed by atoms with Gasteiger partial charge in [-0.2, -0.15) is 4.31 Å². The molecule has 2 aromatic rings. The summed E-state index contributed by atoms with van der Waals surface area (Å²) in [4.78, 5) is 12.4. The maximum Gasteiger partial charge on any atom is 0.262 e. The molecule has 0 radical (unpaired) electrons. The number of nitrogens with zero attached hydrogens (tertiary/aromatic N) is 1. The molecule has 1 amide bonds. The summed E-state index contributed by atoms with van der Waals surface area (Å²) in [6.45, 7) is 2.69. The number of carbonyl (C=O) groups is 1. The molecule has 0 atom stereocenters. The van der Waals surface area contributed by atoms with Crippen molar-refractivity contribution in [1.82, 2.24) is 4.31 Å². The van der Waals surface area contributed by atoms with Crippen LogP contribution in [0.15, 0.2) is 35.2 Å². The highest BCUT2D eigenvalue weighted by Gasteiger charge is 2.27. The Balaban J connectivity index is 1.71.